The molecule has 4 heteroatoms. The van der Waals surface area contributed by atoms with Crippen LogP contribution in [0, 0.1) is 0 Å². The third kappa shape index (κ3) is 5.53. The van der Waals surface area contributed by atoms with Crippen LogP contribution in [0.3, 0.4) is 0 Å². The zero-order valence-electron chi connectivity index (χ0n) is 17.9. The number of Topliss-reactive ketones (excluding diaryl/α,β-unsaturated/α-hetero) is 1. The summed E-state index contributed by atoms with van der Waals surface area (Å²) < 4.78 is 11.6. The molecule has 1 aliphatic rings. The molecule has 0 amide bonds. The summed E-state index contributed by atoms with van der Waals surface area (Å²) in [6.07, 6.45) is 1.55. The molecule has 31 heavy (non-hydrogen) atoms. The second-order valence-electron chi connectivity index (χ2n) is 7.98. The number of rotatable bonds is 8. The molecule has 1 aliphatic heterocycles. The van der Waals surface area contributed by atoms with Gasteiger partial charge in [0.2, 0.25) is 0 Å². The fourth-order valence-electron chi connectivity index (χ4n) is 4.24. The molecular formula is C27H29NO3. The summed E-state index contributed by atoms with van der Waals surface area (Å²) in [7, 11) is 1.62. The highest BCUT2D eigenvalue weighted by Crippen LogP contribution is 2.31. The number of hydrogen-bond acceptors (Lipinski definition) is 4. The van der Waals surface area contributed by atoms with Crippen LogP contribution in [0.2, 0.25) is 0 Å². The lowest BCUT2D eigenvalue weighted by Crippen LogP contribution is -2.44. The van der Waals surface area contributed by atoms with Crippen LogP contribution in [0.4, 0.5) is 0 Å². The Morgan fingerprint density at radius 2 is 1.65 bits per heavy atom. The van der Waals surface area contributed by atoms with E-state index >= 15 is 0 Å². The van der Waals surface area contributed by atoms with Crippen LogP contribution in [0.1, 0.15) is 34.7 Å². The van der Waals surface area contributed by atoms with Crippen molar-refractivity contribution in [1.82, 2.24) is 4.90 Å². The lowest BCUT2D eigenvalue weighted by atomic mass is 9.87. The number of nitrogens with zero attached hydrogens (tertiary/aromatic N) is 1. The minimum atomic E-state index is 0.120. The van der Waals surface area contributed by atoms with Crippen molar-refractivity contribution in [2.24, 2.45) is 0 Å². The van der Waals surface area contributed by atoms with Gasteiger partial charge in [0.05, 0.1) is 7.11 Å². The predicted octanol–water partition coefficient (Wildman–Crippen LogP) is 5.21. The van der Waals surface area contributed by atoms with E-state index in [1.807, 2.05) is 60.7 Å². The highest BCUT2D eigenvalue weighted by molar-refractivity contribution is 5.96. The first kappa shape index (κ1) is 21.1. The number of carbonyl (C=O) groups is 1. The van der Waals surface area contributed by atoms with Crippen LogP contribution < -0.4 is 9.47 Å². The number of ketones is 1. The second kappa shape index (κ2) is 10.3. The topological polar surface area (TPSA) is 38.8 Å². The molecule has 0 aromatic heterocycles. The van der Waals surface area contributed by atoms with E-state index in [1.54, 1.807) is 7.11 Å². The lowest BCUT2D eigenvalue weighted by Gasteiger charge is -2.38. The van der Waals surface area contributed by atoms with Crippen LogP contribution in [-0.4, -0.2) is 43.5 Å². The Labute approximate surface area is 184 Å². The van der Waals surface area contributed by atoms with Crippen molar-refractivity contribution in [3.05, 3.63) is 96.1 Å². The first-order valence-corrected chi connectivity index (χ1v) is 10.9. The van der Waals surface area contributed by atoms with E-state index in [2.05, 4.69) is 29.2 Å². The Kier molecular flexibility index (Phi) is 7.00. The van der Waals surface area contributed by atoms with E-state index in [9.17, 15) is 4.79 Å². The first-order chi connectivity index (χ1) is 15.2. The van der Waals surface area contributed by atoms with Crippen molar-refractivity contribution in [1.29, 1.82) is 0 Å². The summed E-state index contributed by atoms with van der Waals surface area (Å²) in [6, 6.07) is 28.0. The van der Waals surface area contributed by atoms with E-state index in [4.69, 9.17) is 9.47 Å². The summed E-state index contributed by atoms with van der Waals surface area (Å²) in [5.41, 5.74) is 1.99. The highest BCUT2D eigenvalue weighted by atomic mass is 16.5. The van der Waals surface area contributed by atoms with E-state index in [0.29, 0.717) is 17.7 Å². The maximum Gasteiger partial charge on any atom is 0.164 e. The van der Waals surface area contributed by atoms with Crippen LogP contribution in [0.5, 0.6) is 11.5 Å². The van der Waals surface area contributed by atoms with Crippen molar-refractivity contribution in [2.75, 3.05) is 26.7 Å². The van der Waals surface area contributed by atoms with Gasteiger partial charge in [0.25, 0.3) is 0 Å². The smallest absolute Gasteiger partial charge is 0.164 e. The Morgan fingerprint density at radius 1 is 0.935 bits per heavy atom. The number of piperidine rings is 1. The summed E-state index contributed by atoms with van der Waals surface area (Å²) in [5.74, 6) is 2.05. The minimum absolute atomic E-state index is 0.120. The summed E-state index contributed by atoms with van der Waals surface area (Å²) >= 11 is 0. The van der Waals surface area contributed by atoms with E-state index < -0.39 is 0 Å². The molecule has 0 N–H and O–H groups in total. The molecule has 2 atom stereocenters. The maximum atomic E-state index is 12.7. The normalized spacial score (nSPS) is 19.0. The third-order valence-electron chi connectivity index (χ3n) is 5.94. The number of likely N-dealkylation sites (tertiary alicyclic amines) is 1. The molecule has 0 aliphatic carbocycles. The minimum Gasteiger partial charge on any atom is -0.497 e. The Bertz CT molecular complexity index is 974. The molecule has 1 saturated heterocycles. The van der Waals surface area contributed by atoms with Gasteiger partial charge in [-0.05, 0) is 36.2 Å². The van der Waals surface area contributed by atoms with Crippen molar-refractivity contribution in [3.63, 3.8) is 0 Å². The molecule has 0 spiro atoms. The van der Waals surface area contributed by atoms with Gasteiger partial charge in [0.1, 0.15) is 17.6 Å². The quantitative estimate of drug-likeness (QED) is 0.474. The molecule has 1 heterocycles. The van der Waals surface area contributed by atoms with Crippen LogP contribution in [-0.2, 0) is 0 Å². The fourth-order valence-corrected chi connectivity index (χ4v) is 4.24. The molecule has 1 fully saturated rings. The Morgan fingerprint density at radius 3 is 2.39 bits per heavy atom. The molecule has 0 bridgehead atoms. The van der Waals surface area contributed by atoms with E-state index in [-0.39, 0.29) is 17.8 Å². The van der Waals surface area contributed by atoms with Crippen LogP contribution in [0.15, 0.2) is 84.9 Å². The van der Waals surface area contributed by atoms with Crippen molar-refractivity contribution >= 4 is 5.78 Å². The van der Waals surface area contributed by atoms with Gasteiger partial charge in [-0.2, -0.15) is 0 Å². The molecule has 4 rings (SSSR count). The standard InChI is InChI=1S/C27H29NO3/c1-30-24-14-8-11-22(19-24)26(29)15-17-28-18-16-27(31-23-12-6-3-7-13-23)25(20-28)21-9-4-2-5-10-21/h2-14,19,25,27H,15-18,20H2,1H3/t25-,27+/m1/s1. The number of methoxy groups -OCH3 is 1. The molecule has 3 aromatic rings. The van der Waals surface area contributed by atoms with E-state index in [0.717, 1.165) is 31.8 Å². The zero-order valence-corrected chi connectivity index (χ0v) is 17.9. The average Bonchev–Trinajstić information content (AvgIpc) is 2.84. The summed E-state index contributed by atoms with van der Waals surface area (Å²) in [6.45, 7) is 2.55. The summed E-state index contributed by atoms with van der Waals surface area (Å²) in [4.78, 5) is 15.1. The van der Waals surface area contributed by atoms with Crippen LogP contribution >= 0.6 is 0 Å². The van der Waals surface area contributed by atoms with Gasteiger partial charge in [-0.1, -0.05) is 60.7 Å². The Balaban J connectivity index is 1.42. The summed E-state index contributed by atoms with van der Waals surface area (Å²) in [5, 5.41) is 0. The lowest BCUT2D eigenvalue weighted by molar-refractivity contribution is 0.0736. The highest BCUT2D eigenvalue weighted by Gasteiger charge is 2.32. The molecule has 3 aromatic carbocycles. The SMILES string of the molecule is COc1cccc(C(=O)CCN2CC[C@H](Oc3ccccc3)[C@@H](c3ccccc3)C2)c1. The molecule has 160 valence electrons. The molecule has 4 nitrogen and oxygen atoms in total. The zero-order chi connectivity index (χ0) is 21.5. The van der Waals surface area contributed by atoms with E-state index in [1.165, 1.54) is 5.56 Å². The van der Waals surface area contributed by atoms with Crippen molar-refractivity contribution < 1.29 is 14.3 Å². The average molecular weight is 416 g/mol. The maximum absolute atomic E-state index is 12.7. The van der Waals surface area contributed by atoms with Crippen molar-refractivity contribution in [2.45, 2.75) is 24.9 Å². The number of ether oxygens (including phenoxy) is 2. The monoisotopic (exact) mass is 415 g/mol. The van der Waals surface area contributed by atoms with Gasteiger partial charge in [0, 0.05) is 37.5 Å². The predicted molar refractivity (Wildman–Crippen MR) is 123 cm³/mol. The molecular weight excluding hydrogens is 386 g/mol. The number of carbonyl (C=O) groups excluding carboxylic acids is 1. The number of hydrogen-bond donors (Lipinski definition) is 0. The Hall–Kier alpha value is -3.11. The first-order valence-electron chi connectivity index (χ1n) is 10.9. The van der Waals surface area contributed by atoms with Gasteiger partial charge >= 0.3 is 0 Å². The third-order valence-corrected chi connectivity index (χ3v) is 5.94. The molecule has 0 radical (unpaired) electrons. The number of para-hydroxylation sites is 1. The van der Waals surface area contributed by atoms with Gasteiger partial charge < -0.3 is 14.4 Å². The largest absolute Gasteiger partial charge is 0.497 e. The van der Waals surface area contributed by atoms with Gasteiger partial charge in [-0.15, -0.1) is 0 Å². The van der Waals surface area contributed by atoms with Crippen molar-refractivity contribution in [3.8, 4) is 11.5 Å². The molecule has 0 saturated carbocycles. The molecule has 0 unspecified atom stereocenters. The number of benzene rings is 3. The van der Waals surface area contributed by atoms with Crippen LogP contribution in [0.25, 0.3) is 0 Å². The fraction of sp³-hybridized carbons (Fsp3) is 0.296. The second-order valence-corrected chi connectivity index (χ2v) is 7.98. The van der Waals surface area contributed by atoms with Gasteiger partial charge in [-0.3, -0.25) is 4.79 Å². The van der Waals surface area contributed by atoms with Gasteiger partial charge in [-0.25, -0.2) is 0 Å². The van der Waals surface area contributed by atoms with Gasteiger partial charge in [0.15, 0.2) is 5.78 Å².